The molecule has 1 heterocycles. The number of benzene rings is 1. The Morgan fingerprint density at radius 1 is 1.00 bits per heavy atom. The Morgan fingerprint density at radius 3 is 2.35 bits per heavy atom. The van der Waals surface area contributed by atoms with E-state index in [4.69, 9.17) is 14.2 Å². The van der Waals surface area contributed by atoms with E-state index in [1.165, 1.54) is 6.92 Å². The zero-order chi connectivity index (χ0) is 31.1. The van der Waals surface area contributed by atoms with Gasteiger partial charge >= 0.3 is 0 Å². The first kappa shape index (κ1) is 31.3. The average Bonchev–Trinajstić information content (AvgIpc) is 3.23. The zero-order valence-electron chi connectivity index (χ0n) is 25.6. The summed E-state index contributed by atoms with van der Waals surface area (Å²) in [5.74, 6) is 1.21. The standard InChI is InChI=1S/C33H40N4O6/c1-19(2)15-27(33(40)35-18-21-11-13-34-14-12-21)37-26-10-8-23-24(17-28(26)39)25(36-20(3)38)9-7-22-16-29(41-4)31(42-5)32(43-6)30(22)23/h8,10-14,16-17,19,25,27H,7,9,15,18H2,1-6H3,(H,35,40)(H,36,38)(H,37,39)/t25-,27+/m0/s1. The third-order valence-electron chi connectivity index (χ3n) is 7.49. The average molecular weight is 589 g/mol. The van der Waals surface area contributed by atoms with Crippen molar-refractivity contribution in [2.45, 2.75) is 58.7 Å². The van der Waals surface area contributed by atoms with E-state index in [0.29, 0.717) is 48.6 Å². The summed E-state index contributed by atoms with van der Waals surface area (Å²) in [6.45, 7) is 5.86. The molecule has 0 bridgehead atoms. The van der Waals surface area contributed by atoms with Crippen LogP contribution in [0.5, 0.6) is 17.2 Å². The number of ether oxygens (including phenoxy) is 3. The molecule has 0 saturated heterocycles. The van der Waals surface area contributed by atoms with Gasteiger partial charge in [-0.2, -0.15) is 0 Å². The summed E-state index contributed by atoms with van der Waals surface area (Å²) >= 11 is 0. The molecule has 3 aromatic rings. The highest BCUT2D eigenvalue weighted by molar-refractivity contribution is 5.86. The van der Waals surface area contributed by atoms with E-state index in [2.05, 4.69) is 20.9 Å². The monoisotopic (exact) mass is 588 g/mol. The lowest BCUT2D eigenvalue weighted by Crippen LogP contribution is -2.41. The number of hydrogen-bond acceptors (Lipinski definition) is 8. The molecule has 1 aliphatic rings. The molecule has 0 unspecified atom stereocenters. The first-order valence-corrected chi connectivity index (χ1v) is 14.4. The molecular weight excluding hydrogens is 548 g/mol. The van der Waals surface area contributed by atoms with E-state index in [0.717, 1.165) is 22.3 Å². The van der Waals surface area contributed by atoms with Gasteiger partial charge in [-0.25, -0.2) is 0 Å². The van der Waals surface area contributed by atoms with Crippen molar-refractivity contribution in [2.75, 3.05) is 26.6 Å². The Labute approximate surface area is 252 Å². The number of methoxy groups -OCH3 is 3. The maximum atomic E-state index is 13.8. The van der Waals surface area contributed by atoms with E-state index >= 15 is 0 Å². The van der Waals surface area contributed by atoms with Crippen LogP contribution in [0, 0.1) is 5.92 Å². The number of carbonyl (C=O) groups is 2. The fraction of sp³-hybridized carbons (Fsp3) is 0.394. The van der Waals surface area contributed by atoms with Crippen molar-refractivity contribution < 1.29 is 23.8 Å². The van der Waals surface area contributed by atoms with Crippen LogP contribution >= 0.6 is 0 Å². The zero-order valence-corrected chi connectivity index (χ0v) is 25.6. The van der Waals surface area contributed by atoms with Crippen LogP contribution in [0.2, 0.25) is 0 Å². The van der Waals surface area contributed by atoms with Crippen LogP contribution in [-0.4, -0.2) is 44.2 Å². The maximum absolute atomic E-state index is 13.8. The molecule has 3 N–H and O–H groups in total. The SMILES string of the molecule is COc1cc2c(c(OC)c1OC)-c1ccc(N[C@H](CC(C)C)C(=O)NCc3ccncc3)c(=O)cc1[C@@H](NC(C)=O)CC2. The van der Waals surface area contributed by atoms with Crippen LogP contribution in [0.25, 0.3) is 11.1 Å². The molecule has 1 aliphatic carbocycles. The van der Waals surface area contributed by atoms with Gasteiger partial charge in [0.15, 0.2) is 11.5 Å². The van der Waals surface area contributed by atoms with Crippen molar-refractivity contribution in [2.24, 2.45) is 5.92 Å². The Morgan fingerprint density at radius 2 is 1.72 bits per heavy atom. The fourth-order valence-corrected chi connectivity index (χ4v) is 5.53. The van der Waals surface area contributed by atoms with Crippen molar-refractivity contribution in [1.82, 2.24) is 15.6 Å². The molecule has 0 radical (unpaired) electrons. The lowest BCUT2D eigenvalue weighted by atomic mass is 9.95. The summed E-state index contributed by atoms with van der Waals surface area (Å²) in [5, 5.41) is 9.21. The molecule has 2 aromatic carbocycles. The predicted molar refractivity (Wildman–Crippen MR) is 166 cm³/mol. The van der Waals surface area contributed by atoms with Crippen LogP contribution in [0.1, 0.15) is 56.3 Å². The van der Waals surface area contributed by atoms with E-state index in [-0.39, 0.29) is 28.8 Å². The van der Waals surface area contributed by atoms with Gasteiger partial charge < -0.3 is 30.2 Å². The Kier molecular flexibility index (Phi) is 10.2. The number of pyridine rings is 1. The molecule has 10 heteroatoms. The molecule has 0 aliphatic heterocycles. The number of amides is 2. The molecule has 43 heavy (non-hydrogen) atoms. The molecule has 4 rings (SSSR count). The van der Waals surface area contributed by atoms with E-state index in [1.54, 1.807) is 45.9 Å². The van der Waals surface area contributed by atoms with Gasteiger partial charge in [0.05, 0.1) is 33.1 Å². The van der Waals surface area contributed by atoms with E-state index in [9.17, 15) is 14.4 Å². The second-order valence-electron chi connectivity index (χ2n) is 11.0. The van der Waals surface area contributed by atoms with Gasteiger partial charge in [-0.3, -0.25) is 19.4 Å². The number of aryl methyl sites for hydroxylation is 1. The highest BCUT2D eigenvalue weighted by Gasteiger charge is 2.30. The van der Waals surface area contributed by atoms with Gasteiger partial charge in [0.2, 0.25) is 23.0 Å². The number of nitrogens with zero attached hydrogens (tertiary/aromatic N) is 1. The molecular formula is C33H40N4O6. The maximum Gasteiger partial charge on any atom is 0.242 e. The largest absolute Gasteiger partial charge is 0.493 e. The number of hydrogen-bond donors (Lipinski definition) is 3. The predicted octanol–water partition coefficient (Wildman–Crippen LogP) is 4.40. The fourth-order valence-electron chi connectivity index (χ4n) is 5.53. The highest BCUT2D eigenvalue weighted by Crippen LogP contribution is 2.50. The van der Waals surface area contributed by atoms with Crippen molar-refractivity contribution >= 4 is 17.5 Å². The summed E-state index contributed by atoms with van der Waals surface area (Å²) in [7, 11) is 4.67. The minimum absolute atomic E-state index is 0.191. The molecule has 0 spiro atoms. The summed E-state index contributed by atoms with van der Waals surface area (Å²) in [6, 6.07) is 9.60. The van der Waals surface area contributed by atoms with Crippen LogP contribution < -0.4 is 35.6 Å². The number of fused-ring (bicyclic) bond motifs is 3. The first-order chi connectivity index (χ1) is 20.7. The quantitative estimate of drug-likeness (QED) is 0.301. The van der Waals surface area contributed by atoms with E-state index < -0.39 is 12.1 Å². The Balaban J connectivity index is 1.81. The van der Waals surface area contributed by atoms with Crippen LogP contribution in [0.15, 0.2) is 53.6 Å². The minimum Gasteiger partial charge on any atom is -0.493 e. The highest BCUT2D eigenvalue weighted by atomic mass is 16.5. The van der Waals surface area contributed by atoms with E-state index in [1.807, 2.05) is 38.1 Å². The Hall–Kier alpha value is -4.60. The van der Waals surface area contributed by atoms with Crippen molar-refractivity contribution in [3.8, 4) is 28.4 Å². The van der Waals surface area contributed by atoms with Crippen LogP contribution in [0.4, 0.5) is 5.69 Å². The molecule has 0 saturated carbocycles. The number of rotatable bonds is 11. The summed E-state index contributed by atoms with van der Waals surface area (Å²) in [6.07, 6.45) is 5.02. The van der Waals surface area contributed by atoms with Gasteiger partial charge in [0.1, 0.15) is 6.04 Å². The second kappa shape index (κ2) is 14.0. The lowest BCUT2D eigenvalue weighted by molar-refractivity contribution is -0.122. The number of aromatic nitrogens is 1. The first-order valence-electron chi connectivity index (χ1n) is 14.4. The summed E-state index contributed by atoms with van der Waals surface area (Å²) < 4.78 is 17.1. The van der Waals surface area contributed by atoms with Gasteiger partial charge in [0.25, 0.3) is 0 Å². The second-order valence-corrected chi connectivity index (χ2v) is 11.0. The number of anilines is 1. The minimum atomic E-state index is -0.644. The Bertz CT molecular complexity index is 1530. The van der Waals surface area contributed by atoms with Gasteiger partial charge in [-0.15, -0.1) is 0 Å². The molecule has 10 nitrogen and oxygen atoms in total. The van der Waals surface area contributed by atoms with Crippen molar-refractivity contribution in [3.05, 3.63) is 75.7 Å². The lowest BCUT2D eigenvalue weighted by Gasteiger charge is -2.20. The van der Waals surface area contributed by atoms with Gasteiger partial charge in [-0.1, -0.05) is 19.9 Å². The molecule has 1 aromatic heterocycles. The molecule has 228 valence electrons. The molecule has 2 atom stereocenters. The van der Waals surface area contributed by atoms with Crippen molar-refractivity contribution in [1.29, 1.82) is 0 Å². The molecule has 2 amide bonds. The van der Waals surface area contributed by atoms with Gasteiger partial charge in [-0.05, 0) is 77.8 Å². The summed E-state index contributed by atoms with van der Waals surface area (Å²) in [4.78, 5) is 43.3. The van der Waals surface area contributed by atoms with Gasteiger partial charge in [0, 0.05) is 31.4 Å². The third kappa shape index (κ3) is 7.25. The molecule has 0 fully saturated rings. The normalized spacial score (nSPS) is 14.4. The smallest absolute Gasteiger partial charge is 0.242 e. The number of carbonyl (C=O) groups excluding carboxylic acids is 2. The topological polar surface area (TPSA) is 128 Å². The number of nitrogens with one attached hydrogen (secondary N) is 3. The van der Waals surface area contributed by atoms with Crippen LogP contribution in [-0.2, 0) is 22.6 Å². The van der Waals surface area contributed by atoms with Crippen LogP contribution in [0.3, 0.4) is 0 Å². The van der Waals surface area contributed by atoms with Crippen molar-refractivity contribution in [3.63, 3.8) is 0 Å². The summed E-state index contributed by atoms with van der Waals surface area (Å²) in [5.41, 5.74) is 3.98. The third-order valence-corrected chi connectivity index (χ3v) is 7.49.